The molecule has 2 atom stereocenters. The number of alkyl halides is 1. The molecule has 0 bridgehead atoms. The van der Waals surface area contributed by atoms with E-state index in [1.807, 2.05) is 6.07 Å². The Balaban J connectivity index is 0.000000261. The first-order valence-corrected chi connectivity index (χ1v) is 4.28. The minimum atomic E-state index is -0.806. The molecule has 0 radical (unpaired) electrons. The van der Waals surface area contributed by atoms with Crippen molar-refractivity contribution in [3.8, 4) is 6.07 Å². The zero-order valence-corrected chi connectivity index (χ0v) is 8.27. The number of nitrogens with zero attached hydrogens (tertiary/aromatic N) is 1. The number of halogens is 2. The molecule has 0 aromatic heterocycles. The van der Waals surface area contributed by atoms with Crippen molar-refractivity contribution in [3.63, 3.8) is 0 Å². The fourth-order valence-electron chi connectivity index (χ4n) is 0.791. The van der Waals surface area contributed by atoms with E-state index in [9.17, 15) is 9.18 Å². The summed E-state index contributed by atoms with van der Waals surface area (Å²) in [7, 11) is 0. The highest BCUT2D eigenvalue weighted by Crippen LogP contribution is 2.07. The Bertz CT molecular complexity index is 188. The van der Waals surface area contributed by atoms with Crippen LogP contribution in [0.4, 0.5) is 4.39 Å². The second-order valence-electron chi connectivity index (χ2n) is 2.39. The number of nitriles is 1. The van der Waals surface area contributed by atoms with Gasteiger partial charge in [0.25, 0.3) is 0 Å². The van der Waals surface area contributed by atoms with Crippen molar-refractivity contribution < 1.29 is 9.18 Å². The molecule has 0 aromatic rings. The predicted molar refractivity (Wildman–Crippen MR) is 46.5 cm³/mol. The lowest BCUT2D eigenvalue weighted by atomic mass is 10.2. The number of rotatable bonds is 0. The van der Waals surface area contributed by atoms with Gasteiger partial charge in [0.15, 0.2) is 4.69 Å². The van der Waals surface area contributed by atoms with Gasteiger partial charge in [0, 0.05) is 19.9 Å². The molecule has 1 heterocycles. The van der Waals surface area contributed by atoms with Crippen LogP contribution >= 0.6 is 15.9 Å². The van der Waals surface area contributed by atoms with Crippen molar-refractivity contribution in [1.82, 2.24) is 5.32 Å². The van der Waals surface area contributed by atoms with Crippen molar-refractivity contribution in [1.29, 1.82) is 5.26 Å². The summed E-state index contributed by atoms with van der Waals surface area (Å²) in [4.78, 5) is 9.36. The van der Waals surface area contributed by atoms with Crippen LogP contribution in [0, 0.1) is 11.3 Å². The van der Waals surface area contributed by atoms with Gasteiger partial charge in [-0.2, -0.15) is 5.26 Å². The molecule has 1 aliphatic heterocycles. The second-order valence-corrected chi connectivity index (χ2v) is 3.51. The zero-order chi connectivity index (χ0) is 9.56. The molecule has 12 heavy (non-hydrogen) atoms. The maximum atomic E-state index is 12.1. The molecule has 1 fully saturated rings. The van der Waals surface area contributed by atoms with Gasteiger partial charge in [0.05, 0.1) is 12.1 Å². The number of carbonyl (C=O) groups excluding carboxylic acids is 1. The highest BCUT2D eigenvalue weighted by atomic mass is 79.9. The van der Waals surface area contributed by atoms with Gasteiger partial charge >= 0.3 is 0 Å². The number of carbonyl (C=O) groups is 1. The van der Waals surface area contributed by atoms with Crippen LogP contribution in [-0.2, 0) is 4.79 Å². The molecular weight excluding hydrogens is 227 g/mol. The number of hydrogen-bond donors (Lipinski definition) is 1. The Kier molecular flexibility index (Phi) is 5.85. The lowest BCUT2D eigenvalue weighted by Gasteiger charge is -1.91. The lowest BCUT2D eigenvalue weighted by Crippen LogP contribution is -2.18. The molecular formula is C7H10BrFN2O. The Morgan fingerprint density at radius 1 is 1.83 bits per heavy atom. The first-order chi connectivity index (χ1) is 5.56. The summed E-state index contributed by atoms with van der Waals surface area (Å²) in [6, 6.07) is 1.70. The molecule has 1 N–H and O–H groups in total. The smallest absolute Gasteiger partial charge is 0.194 e. The van der Waals surface area contributed by atoms with Crippen LogP contribution < -0.4 is 5.32 Å². The highest BCUT2D eigenvalue weighted by Gasteiger charge is 2.22. The van der Waals surface area contributed by atoms with Crippen LogP contribution in [0.25, 0.3) is 0 Å². The minimum Gasteiger partial charge on any atom is -0.299 e. The van der Waals surface area contributed by atoms with Crippen LogP contribution in [0.5, 0.6) is 0 Å². The van der Waals surface area contributed by atoms with Crippen LogP contribution in [0.1, 0.15) is 13.3 Å². The second kappa shape index (κ2) is 6.09. The molecule has 0 amide bonds. The maximum absolute atomic E-state index is 12.1. The largest absolute Gasteiger partial charge is 0.299 e. The molecule has 68 valence electrons. The molecule has 0 aliphatic carbocycles. The highest BCUT2D eigenvalue weighted by molar-refractivity contribution is 9.18. The van der Waals surface area contributed by atoms with Crippen molar-refractivity contribution in [3.05, 3.63) is 0 Å². The van der Waals surface area contributed by atoms with Crippen molar-refractivity contribution >= 4 is 20.6 Å². The Morgan fingerprint density at radius 3 is 2.50 bits per heavy atom. The molecule has 2 unspecified atom stereocenters. The predicted octanol–water partition coefficient (Wildman–Crippen LogP) is 1.14. The van der Waals surface area contributed by atoms with E-state index in [0.29, 0.717) is 13.0 Å². The topological polar surface area (TPSA) is 52.9 Å². The van der Waals surface area contributed by atoms with Crippen LogP contribution in [0.15, 0.2) is 0 Å². The molecule has 5 heteroatoms. The molecule has 3 nitrogen and oxygen atoms in total. The maximum Gasteiger partial charge on any atom is 0.194 e. The number of hydrogen-bond acceptors (Lipinski definition) is 3. The third-order valence-electron chi connectivity index (χ3n) is 1.23. The van der Waals surface area contributed by atoms with E-state index in [-0.39, 0.29) is 10.7 Å². The van der Waals surface area contributed by atoms with Crippen molar-refractivity contribution in [2.45, 2.75) is 25.6 Å². The summed E-state index contributed by atoms with van der Waals surface area (Å²) < 4.78 is 12.1. The summed E-state index contributed by atoms with van der Waals surface area (Å²) in [6.45, 7) is 1.79. The normalized spacial score (nSPS) is 26.8. The first-order valence-electron chi connectivity index (χ1n) is 3.49. The fraction of sp³-hybridized carbons (Fsp3) is 0.714. The van der Waals surface area contributed by atoms with Gasteiger partial charge in [-0.3, -0.25) is 10.1 Å². The summed E-state index contributed by atoms with van der Waals surface area (Å²) in [5, 5.41) is 10.9. The Hall–Kier alpha value is -0.470. The minimum absolute atomic E-state index is 0.0208. The summed E-state index contributed by atoms with van der Waals surface area (Å²) in [5.74, 6) is 0. The van der Waals surface area contributed by atoms with E-state index in [1.54, 1.807) is 0 Å². The van der Waals surface area contributed by atoms with Gasteiger partial charge in [0.2, 0.25) is 0 Å². The van der Waals surface area contributed by atoms with E-state index in [1.165, 1.54) is 6.92 Å². The van der Waals surface area contributed by atoms with Gasteiger partial charge in [-0.05, 0) is 15.9 Å². The van der Waals surface area contributed by atoms with Gasteiger partial charge in [-0.1, -0.05) is 0 Å². The van der Waals surface area contributed by atoms with Crippen LogP contribution in [-0.4, -0.2) is 23.5 Å². The average Bonchev–Trinajstić information content (AvgIpc) is 2.34. The van der Waals surface area contributed by atoms with E-state index in [0.717, 1.165) is 0 Å². The van der Waals surface area contributed by atoms with Crippen LogP contribution in [0.2, 0.25) is 0 Å². The van der Waals surface area contributed by atoms with Gasteiger partial charge in [0.1, 0.15) is 6.17 Å². The van der Waals surface area contributed by atoms with E-state index >= 15 is 0 Å². The van der Waals surface area contributed by atoms with Gasteiger partial charge < -0.3 is 0 Å². The standard InChI is InChI=1S/C5H7FN2.C2H3BrO/c6-4-1-5(2-7)8-3-4;1-2(3)4/h4-5,8H,1,3H2;1H3. The molecule has 0 saturated carbocycles. The van der Waals surface area contributed by atoms with E-state index < -0.39 is 6.17 Å². The van der Waals surface area contributed by atoms with Crippen molar-refractivity contribution in [2.24, 2.45) is 0 Å². The summed E-state index contributed by atoms with van der Waals surface area (Å²) in [6.07, 6.45) is -0.448. The number of nitrogens with one attached hydrogen (secondary N) is 1. The lowest BCUT2D eigenvalue weighted by molar-refractivity contribution is -0.108. The molecule has 1 aliphatic rings. The third kappa shape index (κ3) is 6.25. The third-order valence-corrected chi connectivity index (χ3v) is 1.23. The Labute approximate surface area is 79.1 Å². The first kappa shape index (κ1) is 11.5. The monoisotopic (exact) mass is 236 g/mol. The molecule has 1 rings (SSSR count). The van der Waals surface area contributed by atoms with Crippen LogP contribution in [0.3, 0.4) is 0 Å². The summed E-state index contributed by atoms with van der Waals surface area (Å²) in [5.41, 5.74) is 0. The zero-order valence-electron chi connectivity index (χ0n) is 6.68. The summed E-state index contributed by atoms with van der Waals surface area (Å²) >= 11 is 2.63. The Morgan fingerprint density at radius 2 is 2.33 bits per heavy atom. The van der Waals surface area contributed by atoms with Gasteiger partial charge in [-0.25, -0.2) is 4.39 Å². The molecule has 0 aromatic carbocycles. The molecule has 0 spiro atoms. The average molecular weight is 237 g/mol. The SMILES string of the molecule is CC(=O)Br.N#CC1CC(F)CN1. The van der Waals surface area contributed by atoms with E-state index in [2.05, 4.69) is 21.2 Å². The van der Waals surface area contributed by atoms with E-state index in [4.69, 9.17) is 5.26 Å². The van der Waals surface area contributed by atoms with Crippen molar-refractivity contribution in [2.75, 3.05) is 6.54 Å². The fourth-order valence-corrected chi connectivity index (χ4v) is 0.791. The molecule has 1 saturated heterocycles. The van der Waals surface area contributed by atoms with Gasteiger partial charge in [-0.15, -0.1) is 0 Å². The quantitative estimate of drug-likeness (QED) is 0.642.